The SMILES string of the molecule is Cc1cccc(NC(=O)NCCOc2ccc(Cl)cc2)c1C. The maximum atomic E-state index is 11.8. The molecule has 0 aliphatic heterocycles. The second-order valence-corrected chi connectivity index (χ2v) is 5.37. The Kier molecular flexibility index (Phi) is 5.67. The Morgan fingerprint density at radius 2 is 1.86 bits per heavy atom. The molecule has 2 rings (SSSR count). The smallest absolute Gasteiger partial charge is 0.319 e. The van der Waals surface area contributed by atoms with Crippen LogP contribution in [-0.4, -0.2) is 19.2 Å². The lowest BCUT2D eigenvalue weighted by Gasteiger charge is -2.12. The van der Waals surface area contributed by atoms with Crippen molar-refractivity contribution in [2.24, 2.45) is 0 Å². The van der Waals surface area contributed by atoms with Crippen LogP contribution in [0.15, 0.2) is 42.5 Å². The third kappa shape index (κ3) is 4.67. The van der Waals surface area contributed by atoms with Crippen molar-refractivity contribution < 1.29 is 9.53 Å². The van der Waals surface area contributed by atoms with Crippen LogP contribution in [0.25, 0.3) is 0 Å². The molecule has 0 fully saturated rings. The molecule has 0 radical (unpaired) electrons. The fraction of sp³-hybridized carbons (Fsp3) is 0.235. The van der Waals surface area contributed by atoms with E-state index in [9.17, 15) is 4.79 Å². The average Bonchev–Trinajstić information content (AvgIpc) is 2.50. The molecular formula is C17H19ClN2O2. The van der Waals surface area contributed by atoms with Gasteiger partial charge in [0.1, 0.15) is 12.4 Å². The minimum atomic E-state index is -0.242. The first-order chi connectivity index (χ1) is 10.6. The summed E-state index contributed by atoms with van der Waals surface area (Å²) in [6.45, 7) is 4.80. The number of hydrogen-bond donors (Lipinski definition) is 2. The first-order valence-electron chi connectivity index (χ1n) is 7.05. The van der Waals surface area contributed by atoms with Crippen molar-refractivity contribution in [2.45, 2.75) is 13.8 Å². The molecule has 4 nitrogen and oxygen atoms in total. The van der Waals surface area contributed by atoms with Crippen molar-refractivity contribution in [3.05, 3.63) is 58.6 Å². The van der Waals surface area contributed by atoms with Gasteiger partial charge in [-0.1, -0.05) is 23.7 Å². The van der Waals surface area contributed by atoms with Gasteiger partial charge in [0.2, 0.25) is 0 Å². The number of carbonyl (C=O) groups excluding carboxylic acids is 1. The van der Waals surface area contributed by atoms with Crippen LogP contribution < -0.4 is 15.4 Å². The number of carbonyl (C=O) groups is 1. The fourth-order valence-corrected chi connectivity index (χ4v) is 2.04. The van der Waals surface area contributed by atoms with E-state index in [1.807, 2.05) is 32.0 Å². The zero-order chi connectivity index (χ0) is 15.9. The predicted octanol–water partition coefficient (Wildman–Crippen LogP) is 4.16. The monoisotopic (exact) mass is 318 g/mol. The third-order valence-corrected chi connectivity index (χ3v) is 3.57. The van der Waals surface area contributed by atoms with E-state index in [1.165, 1.54) is 0 Å². The molecule has 0 unspecified atom stereocenters. The van der Waals surface area contributed by atoms with Gasteiger partial charge >= 0.3 is 6.03 Å². The molecule has 22 heavy (non-hydrogen) atoms. The van der Waals surface area contributed by atoms with E-state index in [2.05, 4.69) is 10.6 Å². The molecule has 0 atom stereocenters. The van der Waals surface area contributed by atoms with Crippen LogP contribution in [-0.2, 0) is 0 Å². The Balaban J connectivity index is 1.74. The summed E-state index contributed by atoms with van der Waals surface area (Å²) in [7, 11) is 0. The Hall–Kier alpha value is -2.20. The summed E-state index contributed by atoms with van der Waals surface area (Å²) < 4.78 is 5.50. The summed E-state index contributed by atoms with van der Waals surface area (Å²) in [4.78, 5) is 11.8. The molecule has 116 valence electrons. The molecule has 0 aliphatic rings. The van der Waals surface area contributed by atoms with Crippen molar-refractivity contribution in [3.63, 3.8) is 0 Å². The number of hydrogen-bond acceptors (Lipinski definition) is 2. The van der Waals surface area contributed by atoms with Crippen LogP contribution in [0.5, 0.6) is 5.75 Å². The number of ether oxygens (including phenoxy) is 1. The first-order valence-corrected chi connectivity index (χ1v) is 7.43. The summed E-state index contributed by atoms with van der Waals surface area (Å²) in [6, 6.07) is 12.7. The van der Waals surface area contributed by atoms with Gasteiger partial charge in [-0.25, -0.2) is 4.79 Å². The van der Waals surface area contributed by atoms with Gasteiger partial charge in [0.25, 0.3) is 0 Å². The lowest BCUT2D eigenvalue weighted by molar-refractivity contribution is 0.247. The van der Waals surface area contributed by atoms with Gasteiger partial charge in [-0.15, -0.1) is 0 Å². The van der Waals surface area contributed by atoms with Crippen LogP contribution in [0.4, 0.5) is 10.5 Å². The summed E-state index contributed by atoms with van der Waals surface area (Å²) in [6.07, 6.45) is 0. The predicted molar refractivity (Wildman–Crippen MR) is 89.9 cm³/mol. The maximum absolute atomic E-state index is 11.8. The largest absolute Gasteiger partial charge is 0.492 e. The molecule has 5 heteroatoms. The Labute approximate surface area is 135 Å². The second kappa shape index (κ2) is 7.71. The van der Waals surface area contributed by atoms with Crippen LogP contribution in [0, 0.1) is 13.8 Å². The number of halogens is 1. The molecule has 0 bridgehead atoms. The molecule has 2 amide bonds. The second-order valence-electron chi connectivity index (χ2n) is 4.93. The van der Waals surface area contributed by atoms with Gasteiger partial charge in [-0.3, -0.25) is 0 Å². The van der Waals surface area contributed by atoms with E-state index < -0.39 is 0 Å². The molecule has 2 aromatic carbocycles. The first kappa shape index (κ1) is 16.2. The maximum Gasteiger partial charge on any atom is 0.319 e. The van der Waals surface area contributed by atoms with Gasteiger partial charge in [0.05, 0.1) is 6.54 Å². The van der Waals surface area contributed by atoms with E-state index >= 15 is 0 Å². The standard InChI is InChI=1S/C17H19ClN2O2/c1-12-4-3-5-16(13(12)2)20-17(21)19-10-11-22-15-8-6-14(18)7-9-15/h3-9H,10-11H2,1-2H3,(H2,19,20,21). The zero-order valence-electron chi connectivity index (χ0n) is 12.7. The number of nitrogens with one attached hydrogen (secondary N) is 2. The lowest BCUT2D eigenvalue weighted by atomic mass is 10.1. The summed E-state index contributed by atoms with van der Waals surface area (Å²) >= 11 is 5.79. The lowest BCUT2D eigenvalue weighted by Crippen LogP contribution is -2.32. The number of anilines is 1. The van der Waals surface area contributed by atoms with E-state index in [0.717, 1.165) is 22.6 Å². The molecular weight excluding hydrogens is 300 g/mol. The van der Waals surface area contributed by atoms with Crippen LogP contribution in [0.2, 0.25) is 5.02 Å². The van der Waals surface area contributed by atoms with Crippen molar-refractivity contribution >= 4 is 23.3 Å². The molecule has 0 aromatic heterocycles. The highest BCUT2D eigenvalue weighted by Crippen LogP contribution is 2.17. The Morgan fingerprint density at radius 1 is 1.14 bits per heavy atom. The zero-order valence-corrected chi connectivity index (χ0v) is 13.4. The molecule has 0 saturated carbocycles. The van der Waals surface area contributed by atoms with Gasteiger partial charge in [-0.2, -0.15) is 0 Å². The molecule has 2 aromatic rings. The van der Waals surface area contributed by atoms with Gasteiger partial charge < -0.3 is 15.4 Å². The molecule has 0 heterocycles. The third-order valence-electron chi connectivity index (χ3n) is 3.32. The quantitative estimate of drug-likeness (QED) is 0.813. The van der Waals surface area contributed by atoms with Gasteiger partial charge in [0.15, 0.2) is 0 Å². The minimum absolute atomic E-state index is 0.242. The van der Waals surface area contributed by atoms with E-state index in [0.29, 0.717) is 18.2 Å². The topological polar surface area (TPSA) is 50.4 Å². The highest BCUT2D eigenvalue weighted by Gasteiger charge is 2.05. The average molecular weight is 319 g/mol. The number of amides is 2. The van der Waals surface area contributed by atoms with Crippen LogP contribution >= 0.6 is 11.6 Å². The fourth-order valence-electron chi connectivity index (χ4n) is 1.92. The van der Waals surface area contributed by atoms with E-state index in [-0.39, 0.29) is 6.03 Å². The van der Waals surface area contributed by atoms with E-state index in [1.54, 1.807) is 24.3 Å². The van der Waals surface area contributed by atoms with Crippen molar-refractivity contribution in [1.29, 1.82) is 0 Å². The molecule has 2 N–H and O–H groups in total. The summed E-state index contributed by atoms with van der Waals surface area (Å²) in [5, 5.41) is 6.26. The van der Waals surface area contributed by atoms with Crippen molar-refractivity contribution in [3.8, 4) is 5.75 Å². The highest BCUT2D eigenvalue weighted by atomic mass is 35.5. The number of rotatable bonds is 5. The summed E-state index contributed by atoms with van der Waals surface area (Å²) in [5.74, 6) is 0.723. The van der Waals surface area contributed by atoms with Crippen LogP contribution in [0.1, 0.15) is 11.1 Å². The van der Waals surface area contributed by atoms with E-state index in [4.69, 9.17) is 16.3 Å². The van der Waals surface area contributed by atoms with Crippen molar-refractivity contribution in [2.75, 3.05) is 18.5 Å². The van der Waals surface area contributed by atoms with Gasteiger partial charge in [0, 0.05) is 10.7 Å². The van der Waals surface area contributed by atoms with Crippen molar-refractivity contribution in [1.82, 2.24) is 5.32 Å². The molecule has 0 aliphatic carbocycles. The minimum Gasteiger partial charge on any atom is -0.492 e. The van der Waals surface area contributed by atoms with Gasteiger partial charge in [-0.05, 0) is 55.3 Å². The highest BCUT2D eigenvalue weighted by molar-refractivity contribution is 6.30. The molecule has 0 spiro atoms. The Bertz CT molecular complexity index is 642. The number of aryl methyl sites for hydroxylation is 1. The normalized spacial score (nSPS) is 10.1. The summed E-state index contributed by atoms with van der Waals surface area (Å²) in [5.41, 5.74) is 3.02. The van der Waals surface area contributed by atoms with Crippen LogP contribution in [0.3, 0.4) is 0 Å². The number of benzene rings is 2. The number of urea groups is 1. The molecule has 0 saturated heterocycles. The Morgan fingerprint density at radius 3 is 2.59 bits per heavy atom.